The molecule has 26 heavy (non-hydrogen) atoms. The van der Waals surface area contributed by atoms with Gasteiger partial charge < -0.3 is 35.0 Å². The average Bonchev–Trinajstić information content (AvgIpc) is 2.61. The minimum Gasteiger partial charge on any atom is -0.508 e. The molecule has 8 heteroatoms. The maximum Gasteiger partial charge on any atom is 0.229 e. The van der Waals surface area contributed by atoms with E-state index >= 15 is 0 Å². The summed E-state index contributed by atoms with van der Waals surface area (Å²) in [5, 5.41) is 48.1. The predicted octanol–water partition coefficient (Wildman–Crippen LogP) is -0.0906. The molecular formula is C18H22O8. The van der Waals surface area contributed by atoms with Crippen molar-refractivity contribution in [1.29, 1.82) is 0 Å². The molecule has 0 bridgehead atoms. The Morgan fingerprint density at radius 2 is 1.81 bits per heavy atom. The Hall–Kier alpha value is -2.23. The summed E-state index contributed by atoms with van der Waals surface area (Å²) >= 11 is 0. The van der Waals surface area contributed by atoms with Crippen LogP contribution in [0.3, 0.4) is 0 Å². The predicted molar refractivity (Wildman–Crippen MR) is 91.3 cm³/mol. The molecule has 0 unspecified atom stereocenters. The second-order valence-corrected chi connectivity index (χ2v) is 5.90. The zero-order chi connectivity index (χ0) is 19.3. The highest BCUT2D eigenvalue weighted by Gasteiger charge is 2.44. The summed E-state index contributed by atoms with van der Waals surface area (Å²) in [6.07, 6.45) is -2.69. The van der Waals surface area contributed by atoms with Crippen LogP contribution in [0.15, 0.2) is 42.2 Å². The first-order chi connectivity index (χ1) is 12.3. The van der Waals surface area contributed by atoms with Gasteiger partial charge in [-0.25, -0.2) is 0 Å². The summed E-state index contributed by atoms with van der Waals surface area (Å²) in [5.41, 5.74) is 0.717. The minimum absolute atomic E-state index is 0.167. The van der Waals surface area contributed by atoms with Gasteiger partial charge in [-0.05, 0) is 30.7 Å². The van der Waals surface area contributed by atoms with Crippen LogP contribution in [0.5, 0.6) is 5.75 Å². The topological polar surface area (TPSA) is 137 Å². The molecule has 1 aromatic carbocycles. The van der Waals surface area contributed by atoms with E-state index in [0.717, 1.165) is 11.6 Å². The van der Waals surface area contributed by atoms with Gasteiger partial charge in [-0.1, -0.05) is 18.2 Å². The Morgan fingerprint density at radius 3 is 2.38 bits per heavy atom. The number of hydrogen-bond donors (Lipinski definition) is 5. The maximum absolute atomic E-state index is 10.8. The molecule has 0 amide bonds. The lowest BCUT2D eigenvalue weighted by Crippen LogP contribution is -2.60. The highest BCUT2D eigenvalue weighted by Crippen LogP contribution is 2.24. The van der Waals surface area contributed by atoms with Crippen molar-refractivity contribution in [3.8, 4) is 5.75 Å². The molecule has 1 heterocycles. The van der Waals surface area contributed by atoms with Gasteiger partial charge in [-0.15, -0.1) is 0 Å². The van der Waals surface area contributed by atoms with Crippen molar-refractivity contribution < 1.29 is 39.8 Å². The van der Waals surface area contributed by atoms with Crippen LogP contribution in [0.25, 0.3) is 6.08 Å². The lowest BCUT2D eigenvalue weighted by molar-refractivity contribution is -0.277. The summed E-state index contributed by atoms with van der Waals surface area (Å²) in [6, 6.07) is 6.48. The summed E-state index contributed by atoms with van der Waals surface area (Å²) in [4.78, 5) is 10.8. The SMILES string of the molecule is CC(=O)/C=C(O)/C=C\c1ccc(O[C@@H]2O[C@H](CO)[C@@H](O)[C@H](O)[C@H]2O)cc1. The van der Waals surface area contributed by atoms with Crippen LogP contribution < -0.4 is 4.74 Å². The van der Waals surface area contributed by atoms with Gasteiger partial charge in [0.05, 0.1) is 6.61 Å². The van der Waals surface area contributed by atoms with E-state index in [2.05, 4.69) is 0 Å². The molecule has 1 aliphatic heterocycles. The summed E-state index contributed by atoms with van der Waals surface area (Å²) < 4.78 is 10.7. The zero-order valence-corrected chi connectivity index (χ0v) is 14.1. The van der Waals surface area contributed by atoms with Gasteiger partial charge in [-0.2, -0.15) is 0 Å². The molecule has 2 rings (SSSR count). The molecule has 142 valence electrons. The molecule has 5 N–H and O–H groups in total. The number of ether oxygens (including phenoxy) is 2. The highest BCUT2D eigenvalue weighted by atomic mass is 16.7. The van der Waals surface area contributed by atoms with E-state index < -0.39 is 37.3 Å². The average molecular weight is 366 g/mol. The molecule has 0 aliphatic carbocycles. The van der Waals surface area contributed by atoms with E-state index in [1.165, 1.54) is 13.0 Å². The molecule has 1 fully saturated rings. The molecule has 0 aromatic heterocycles. The summed E-state index contributed by atoms with van der Waals surface area (Å²) in [7, 11) is 0. The summed E-state index contributed by atoms with van der Waals surface area (Å²) in [5.74, 6) is -0.107. The van der Waals surface area contributed by atoms with E-state index in [4.69, 9.17) is 14.6 Å². The van der Waals surface area contributed by atoms with Crippen molar-refractivity contribution >= 4 is 11.9 Å². The van der Waals surface area contributed by atoms with Gasteiger partial charge in [-0.3, -0.25) is 4.79 Å². The van der Waals surface area contributed by atoms with Crippen LogP contribution in [-0.2, 0) is 9.53 Å². The second-order valence-electron chi connectivity index (χ2n) is 5.90. The van der Waals surface area contributed by atoms with Gasteiger partial charge in [0.1, 0.15) is 35.9 Å². The minimum atomic E-state index is -1.51. The van der Waals surface area contributed by atoms with Crippen molar-refractivity contribution in [2.24, 2.45) is 0 Å². The lowest BCUT2D eigenvalue weighted by atomic mass is 9.99. The van der Waals surface area contributed by atoms with Crippen LogP contribution >= 0.6 is 0 Å². The van der Waals surface area contributed by atoms with Gasteiger partial charge in [0.2, 0.25) is 6.29 Å². The molecule has 8 nitrogen and oxygen atoms in total. The number of carbonyl (C=O) groups is 1. The fourth-order valence-electron chi connectivity index (χ4n) is 2.39. The Labute approximate surface area is 150 Å². The lowest BCUT2D eigenvalue weighted by Gasteiger charge is -2.39. The number of ketones is 1. The van der Waals surface area contributed by atoms with E-state index in [0.29, 0.717) is 5.75 Å². The molecule has 0 spiro atoms. The molecule has 0 saturated carbocycles. The van der Waals surface area contributed by atoms with Crippen LogP contribution in [0.4, 0.5) is 0 Å². The van der Waals surface area contributed by atoms with Gasteiger partial charge in [0.25, 0.3) is 0 Å². The van der Waals surface area contributed by atoms with Crippen LogP contribution in [0.2, 0.25) is 0 Å². The van der Waals surface area contributed by atoms with Crippen LogP contribution in [0.1, 0.15) is 12.5 Å². The fraction of sp³-hybridized carbons (Fsp3) is 0.389. The number of aliphatic hydroxyl groups excluding tert-OH is 5. The Balaban J connectivity index is 2.02. The summed E-state index contributed by atoms with van der Waals surface area (Å²) in [6.45, 7) is 0.793. The monoisotopic (exact) mass is 366 g/mol. The van der Waals surface area contributed by atoms with Crippen LogP contribution in [0, 0.1) is 0 Å². The van der Waals surface area contributed by atoms with Crippen molar-refractivity contribution in [1.82, 2.24) is 0 Å². The number of benzene rings is 1. The number of rotatable bonds is 6. The molecule has 1 aromatic rings. The molecule has 1 saturated heterocycles. The smallest absolute Gasteiger partial charge is 0.229 e. The third-order valence-electron chi connectivity index (χ3n) is 3.78. The number of allylic oxidation sites excluding steroid dienone is 2. The Morgan fingerprint density at radius 1 is 1.15 bits per heavy atom. The number of aliphatic hydroxyl groups is 5. The van der Waals surface area contributed by atoms with Crippen molar-refractivity contribution in [3.63, 3.8) is 0 Å². The Kier molecular flexibility index (Phi) is 6.90. The first-order valence-electron chi connectivity index (χ1n) is 7.98. The zero-order valence-electron chi connectivity index (χ0n) is 14.1. The van der Waals surface area contributed by atoms with Gasteiger partial charge in [0.15, 0.2) is 5.78 Å². The third kappa shape index (κ3) is 5.13. The first kappa shape index (κ1) is 20.1. The van der Waals surface area contributed by atoms with Crippen molar-refractivity contribution in [2.75, 3.05) is 6.61 Å². The van der Waals surface area contributed by atoms with Crippen molar-refractivity contribution in [2.45, 2.75) is 37.6 Å². The Bertz CT molecular complexity index is 664. The maximum atomic E-state index is 10.8. The van der Waals surface area contributed by atoms with Gasteiger partial charge in [0, 0.05) is 6.08 Å². The van der Waals surface area contributed by atoms with E-state index in [-0.39, 0.29) is 11.5 Å². The van der Waals surface area contributed by atoms with Crippen LogP contribution in [-0.4, -0.2) is 68.6 Å². The second kappa shape index (κ2) is 8.93. The highest BCUT2D eigenvalue weighted by molar-refractivity contribution is 5.88. The first-order valence-corrected chi connectivity index (χ1v) is 7.98. The number of carbonyl (C=O) groups excluding carboxylic acids is 1. The van der Waals surface area contributed by atoms with E-state index in [1.807, 2.05) is 0 Å². The molecule has 0 radical (unpaired) electrons. The molecule has 1 aliphatic rings. The van der Waals surface area contributed by atoms with E-state index in [9.17, 15) is 25.2 Å². The largest absolute Gasteiger partial charge is 0.508 e. The van der Waals surface area contributed by atoms with E-state index in [1.54, 1.807) is 30.3 Å². The quantitative estimate of drug-likeness (QED) is 0.268. The van der Waals surface area contributed by atoms with Gasteiger partial charge >= 0.3 is 0 Å². The fourth-order valence-corrected chi connectivity index (χ4v) is 2.39. The standard InChI is InChI=1S/C18H22O8/c1-10(20)8-12(21)5-2-11-3-6-13(7-4-11)25-18-17(24)16(23)15(22)14(9-19)26-18/h2-8,14-19,21-24H,9H2,1H3/b5-2-,12-8-/t14-,15-,16+,17-,18-/m1/s1. The van der Waals surface area contributed by atoms with Crippen molar-refractivity contribution in [3.05, 3.63) is 47.7 Å². The number of hydrogen-bond acceptors (Lipinski definition) is 8. The normalized spacial score (nSPS) is 29.7. The third-order valence-corrected chi connectivity index (χ3v) is 3.78. The molecule has 5 atom stereocenters. The molecular weight excluding hydrogens is 344 g/mol.